The minimum Gasteiger partial charge on any atom is -0.496 e. The monoisotopic (exact) mass is 418 g/mol. The first-order valence-corrected chi connectivity index (χ1v) is 10.8. The molecule has 2 aliphatic carbocycles. The fraction of sp³-hybridized carbons (Fsp3) is 0.708. The highest BCUT2D eigenvalue weighted by Crippen LogP contribution is 2.67. The number of hydrogen-bond acceptors (Lipinski definition) is 5. The fourth-order valence-electron chi connectivity index (χ4n) is 5.77. The Kier molecular flexibility index (Phi) is 5.19. The molecule has 3 fully saturated rings. The van der Waals surface area contributed by atoms with Crippen LogP contribution in [0.5, 0.6) is 5.75 Å². The minimum atomic E-state index is -1.05. The Labute approximate surface area is 178 Å². The second kappa shape index (κ2) is 7.21. The van der Waals surface area contributed by atoms with Crippen LogP contribution in [0, 0.1) is 16.2 Å². The molecule has 1 heterocycles. The molecule has 1 spiro atoms. The van der Waals surface area contributed by atoms with Crippen molar-refractivity contribution in [3.05, 3.63) is 29.8 Å². The summed E-state index contributed by atoms with van der Waals surface area (Å²) < 4.78 is 24.2. The molecule has 6 nitrogen and oxygen atoms in total. The van der Waals surface area contributed by atoms with Crippen molar-refractivity contribution < 1.29 is 28.8 Å². The Morgan fingerprint density at radius 2 is 1.63 bits per heavy atom. The normalized spacial score (nSPS) is 35.2. The van der Waals surface area contributed by atoms with Crippen LogP contribution < -0.4 is 4.74 Å². The third-order valence-corrected chi connectivity index (χ3v) is 7.56. The quantitative estimate of drug-likeness (QED) is 0.755. The second-order valence-corrected chi connectivity index (χ2v) is 10.8. The number of methoxy groups -OCH3 is 1. The topological polar surface area (TPSA) is 74.2 Å². The maximum atomic E-state index is 12.0. The van der Waals surface area contributed by atoms with Crippen LogP contribution in [0.15, 0.2) is 24.3 Å². The second-order valence-electron chi connectivity index (χ2n) is 10.8. The molecule has 4 atom stereocenters. The number of ether oxygens (including phenoxy) is 4. The molecule has 1 aromatic carbocycles. The highest BCUT2D eigenvalue weighted by Gasteiger charge is 2.65. The molecule has 2 unspecified atom stereocenters. The van der Waals surface area contributed by atoms with Gasteiger partial charge in [-0.25, -0.2) is 4.79 Å². The Morgan fingerprint density at radius 1 is 1.07 bits per heavy atom. The Bertz CT molecular complexity index is 788. The molecule has 6 heteroatoms. The zero-order chi connectivity index (χ0) is 21.8. The van der Waals surface area contributed by atoms with Gasteiger partial charge in [0.1, 0.15) is 5.75 Å². The van der Waals surface area contributed by atoms with Gasteiger partial charge in [0, 0.05) is 23.8 Å². The smallest absolute Gasteiger partial charge is 0.337 e. The van der Waals surface area contributed by atoms with Gasteiger partial charge in [-0.15, -0.1) is 0 Å². The average molecular weight is 419 g/mol. The lowest BCUT2D eigenvalue weighted by Crippen LogP contribution is -2.47. The van der Waals surface area contributed by atoms with E-state index >= 15 is 0 Å². The third kappa shape index (κ3) is 3.63. The lowest BCUT2D eigenvalue weighted by Gasteiger charge is -2.42. The van der Waals surface area contributed by atoms with Crippen LogP contribution in [-0.2, 0) is 19.0 Å². The first-order valence-electron chi connectivity index (χ1n) is 10.8. The fourth-order valence-corrected chi connectivity index (χ4v) is 5.77. The van der Waals surface area contributed by atoms with Crippen LogP contribution in [0.2, 0.25) is 0 Å². The maximum absolute atomic E-state index is 12.0. The van der Waals surface area contributed by atoms with Crippen molar-refractivity contribution in [1.29, 1.82) is 0 Å². The summed E-state index contributed by atoms with van der Waals surface area (Å²) in [5, 5.41) is 9.87. The van der Waals surface area contributed by atoms with Crippen molar-refractivity contribution in [2.75, 3.05) is 20.3 Å². The molecular weight excluding hydrogens is 384 g/mol. The van der Waals surface area contributed by atoms with E-state index in [9.17, 15) is 9.90 Å². The van der Waals surface area contributed by atoms with Gasteiger partial charge < -0.3 is 24.1 Å². The largest absolute Gasteiger partial charge is 0.496 e. The number of carboxylic acids is 1. The number of rotatable bonds is 5. The Balaban J connectivity index is 1.50. The maximum Gasteiger partial charge on any atom is 0.337 e. The van der Waals surface area contributed by atoms with Gasteiger partial charge >= 0.3 is 5.97 Å². The van der Waals surface area contributed by atoms with Gasteiger partial charge in [-0.2, -0.15) is 0 Å². The number of aliphatic carboxylic acids is 1. The van der Waals surface area contributed by atoms with Crippen LogP contribution in [0.3, 0.4) is 0 Å². The number of carbonyl (C=O) groups is 1. The summed E-state index contributed by atoms with van der Waals surface area (Å²) in [5.41, 5.74) is 0.545. The molecule has 3 aliphatic rings. The summed E-state index contributed by atoms with van der Waals surface area (Å²) >= 11 is 0. The highest BCUT2D eigenvalue weighted by atomic mass is 16.7. The number of benzene rings is 1. The number of carboxylic acid groups (broad SMARTS) is 1. The van der Waals surface area contributed by atoms with E-state index in [0.29, 0.717) is 24.5 Å². The molecule has 1 saturated heterocycles. The SMILES string of the molecule is COc1ccccc1C(OC1C[C@@]2(C)CC3(C[C@@]2(C)C1)OCC(C)(C)CO3)C(=O)O. The van der Waals surface area contributed by atoms with Crippen LogP contribution in [0.1, 0.15) is 65.0 Å². The molecule has 0 bridgehead atoms. The molecule has 1 aromatic rings. The van der Waals surface area contributed by atoms with Crippen LogP contribution in [0.25, 0.3) is 0 Å². The van der Waals surface area contributed by atoms with Crippen molar-refractivity contribution in [2.24, 2.45) is 16.2 Å². The van der Waals surface area contributed by atoms with Gasteiger partial charge in [0.2, 0.25) is 0 Å². The summed E-state index contributed by atoms with van der Waals surface area (Å²) in [7, 11) is 1.55. The standard InChI is InChI=1S/C24H34O6/c1-21(2)14-28-24(29-15-21)12-22(3)10-16(11-23(22,4)13-24)30-19(20(25)26)17-8-6-7-9-18(17)27-5/h6-9,16,19H,10-15H2,1-5H3,(H,25,26)/t16?,19?,22-,23+. The summed E-state index contributed by atoms with van der Waals surface area (Å²) in [5.74, 6) is -0.977. The van der Waals surface area contributed by atoms with Crippen molar-refractivity contribution in [1.82, 2.24) is 0 Å². The molecule has 0 amide bonds. The van der Waals surface area contributed by atoms with Gasteiger partial charge in [-0.05, 0) is 29.7 Å². The number of para-hydroxylation sites is 1. The van der Waals surface area contributed by atoms with Gasteiger partial charge in [0.25, 0.3) is 0 Å². The Morgan fingerprint density at radius 3 is 2.17 bits per heavy atom. The third-order valence-electron chi connectivity index (χ3n) is 7.56. The summed E-state index contributed by atoms with van der Waals surface area (Å²) in [6, 6.07) is 7.17. The Hall–Kier alpha value is -1.63. The van der Waals surface area contributed by atoms with Crippen LogP contribution in [0.4, 0.5) is 0 Å². The molecule has 2 saturated carbocycles. The summed E-state index contributed by atoms with van der Waals surface area (Å²) in [4.78, 5) is 12.0. The van der Waals surface area contributed by atoms with Crippen molar-refractivity contribution >= 4 is 5.97 Å². The first kappa shape index (κ1) is 21.6. The summed E-state index contributed by atoms with van der Waals surface area (Å²) in [6.45, 7) is 10.3. The van der Waals surface area contributed by atoms with Crippen LogP contribution >= 0.6 is 0 Å². The predicted octanol–water partition coefficient (Wildman–Crippen LogP) is 4.58. The average Bonchev–Trinajstić information content (AvgIpc) is 3.03. The first-order chi connectivity index (χ1) is 14.0. The van der Waals surface area contributed by atoms with Gasteiger partial charge in [0.05, 0.1) is 26.4 Å². The highest BCUT2D eigenvalue weighted by molar-refractivity contribution is 5.75. The van der Waals surface area contributed by atoms with E-state index < -0.39 is 17.9 Å². The van der Waals surface area contributed by atoms with Gasteiger partial charge in [-0.1, -0.05) is 45.9 Å². The molecule has 166 valence electrons. The number of fused-ring (bicyclic) bond motifs is 1. The van der Waals surface area contributed by atoms with E-state index in [1.165, 1.54) is 0 Å². The molecule has 1 N–H and O–H groups in total. The van der Waals surface area contributed by atoms with E-state index in [-0.39, 0.29) is 22.3 Å². The van der Waals surface area contributed by atoms with Crippen molar-refractivity contribution in [3.63, 3.8) is 0 Å². The minimum absolute atomic E-state index is 0.0248. The van der Waals surface area contributed by atoms with Crippen LogP contribution in [-0.4, -0.2) is 43.3 Å². The van der Waals surface area contributed by atoms with Crippen molar-refractivity contribution in [2.45, 2.75) is 71.4 Å². The van der Waals surface area contributed by atoms with E-state index in [4.69, 9.17) is 18.9 Å². The van der Waals surface area contributed by atoms with E-state index in [0.717, 1.165) is 25.7 Å². The molecule has 0 aromatic heterocycles. The van der Waals surface area contributed by atoms with Gasteiger partial charge in [-0.3, -0.25) is 0 Å². The molecular formula is C24H34O6. The molecule has 1 aliphatic heterocycles. The zero-order valence-corrected chi connectivity index (χ0v) is 18.7. The predicted molar refractivity (Wildman–Crippen MR) is 111 cm³/mol. The zero-order valence-electron chi connectivity index (χ0n) is 18.7. The lowest BCUT2D eigenvalue weighted by molar-refractivity contribution is -0.300. The van der Waals surface area contributed by atoms with Crippen molar-refractivity contribution in [3.8, 4) is 5.75 Å². The molecule has 4 rings (SSSR count). The molecule has 30 heavy (non-hydrogen) atoms. The number of hydrogen-bond donors (Lipinski definition) is 1. The van der Waals surface area contributed by atoms with E-state index in [1.807, 2.05) is 12.1 Å². The lowest BCUT2D eigenvalue weighted by atomic mass is 9.71. The van der Waals surface area contributed by atoms with Gasteiger partial charge in [0.15, 0.2) is 11.9 Å². The van der Waals surface area contributed by atoms with E-state index in [1.54, 1.807) is 19.2 Å². The van der Waals surface area contributed by atoms with E-state index in [2.05, 4.69) is 27.7 Å². The summed E-state index contributed by atoms with van der Waals surface area (Å²) in [6.07, 6.45) is 2.04. The molecule has 0 radical (unpaired) electrons.